The summed E-state index contributed by atoms with van der Waals surface area (Å²) in [5.41, 5.74) is -0.505. The molecule has 0 aromatic heterocycles. The number of carbonyl (C=O) groups is 1. The monoisotopic (exact) mass is 204 g/mol. The van der Waals surface area contributed by atoms with Gasteiger partial charge in [0.05, 0.1) is 6.61 Å². The maximum absolute atomic E-state index is 10.9. The van der Waals surface area contributed by atoms with Crippen LogP contribution in [0.25, 0.3) is 0 Å². The average Bonchev–Trinajstić information content (AvgIpc) is 2.09. The van der Waals surface area contributed by atoms with Crippen molar-refractivity contribution in [1.82, 2.24) is 0 Å². The third kappa shape index (κ3) is 7.86. The van der Waals surface area contributed by atoms with Crippen LogP contribution < -0.4 is 0 Å². The lowest BCUT2D eigenvalue weighted by molar-refractivity contribution is -0.312. The number of carbonyl (C=O) groups excluding carboxylic acids is 1. The topological polar surface area (TPSA) is 44.8 Å². The van der Waals surface area contributed by atoms with Gasteiger partial charge in [0.1, 0.15) is 5.60 Å². The fourth-order valence-corrected chi connectivity index (χ4v) is 0.511. The Hall–Kier alpha value is -0.770. The summed E-state index contributed by atoms with van der Waals surface area (Å²) in [4.78, 5) is 20.2. The minimum absolute atomic E-state index is 0.345. The van der Waals surface area contributed by atoms with Crippen molar-refractivity contribution in [3.05, 3.63) is 0 Å². The molecule has 0 fully saturated rings. The van der Waals surface area contributed by atoms with Crippen LogP contribution in [0.2, 0.25) is 0 Å². The first-order chi connectivity index (χ1) is 6.35. The molecule has 0 aliphatic heterocycles. The van der Waals surface area contributed by atoms with Gasteiger partial charge in [0.2, 0.25) is 0 Å². The smallest absolute Gasteiger partial charge is 0.432 e. The molecule has 0 bridgehead atoms. The summed E-state index contributed by atoms with van der Waals surface area (Å²) in [6, 6.07) is 0. The molecule has 0 saturated heterocycles. The van der Waals surface area contributed by atoms with Crippen molar-refractivity contribution >= 4 is 6.16 Å². The fraction of sp³-hybridized carbons (Fsp3) is 0.900. The molecule has 0 aromatic rings. The predicted molar refractivity (Wildman–Crippen MR) is 52.7 cm³/mol. The van der Waals surface area contributed by atoms with Crippen LogP contribution in [-0.2, 0) is 14.5 Å². The van der Waals surface area contributed by atoms with Gasteiger partial charge < -0.3 is 4.74 Å². The molecule has 14 heavy (non-hydrogen) atoms. The molecule has 4 nitrogen and oxygen atoms in total. The lowest BCUT2D eigenvalue weighted by Crippen LogP contribution is -2.23. The van der Waals surface area contributed by atoms with Crippen LogP contribution in [0, 0.1) is 5.92 Å². The van der Waals surface area contributed by atoms with E-state index in [4.69, 9.17) is 9.62 Å². The van der Waals surface area contributed by atoms with Gasteiger partial charge in [0.25, 0.3) is 0 Å². The van der Waals surface area contributed by atoms with Crippen LogP contribution in [0.4, 0.5) is 4.79 Å². The van der Waals surface area contributed by atoms with Crippen LogP contribution in [0.5, 0.6) is 0 Å². The second-order valence-electron chi connectivity index (χ2n) is 4.35. The van der Waals surface area contributed by atoms with Crippen LogP contribution in [0.15, 0.2) is 0 Å². The molecule has 0 heterocycles. The van der Waals surface area contributed by atoms with E-state index in [2.05, 4.69) is 4.89 Å². The van der Waals surface area contributed by atoms with E-state index in [1.165, 1.54) is 0 Å². The zero-order chi connectivity index (χ0) is 11.2. The molecule has 0 spiro atoms. The molecule has 4 heteroatoms. The first-order valence-electron chi connectivity index (χ1n) is 4.87. The van der Waals surface area contributed by atoms with Crippen LogP contribution in [0.1, 0.15) is 41.0 Å². The van der Waals surface area contributed by atoms with Crippen molar-refractivity contribution < 1.29 is 19.3 Å². The molecule has 0 rings (SSSR count). The Bertz CT molecular complexity index is 171. The maximum atomic E-state index is 10.9. The Balaban J connectivity index is 3.57. The van der Waals surface area contributed by atoms with Crippen molar-refractivity contribution in [3.63, 3.8) is 0 Å². The van der Waals surface area contributed by atoms with Gasteiger partial charge in [-0.15, -0.1) is 0 Å². The number of hydrogen-bond donors (Lipinski definition) is 0. The highest BCUT2D eigenvalue weighted by Crippen LogP contribution is 2.08. The normalized spacial score (nSPS) is 13.5. The summed E-state index contributed by atoms with van der Waals surface area (Å²) in [7, 11) is 0. The molecule has 1 atom stereocenters. The number of hydrogen-bond acceptors (Lipinski definition) is 4. The highest BCUT2D eigenvalue weighted by atomic mass is 17.2. The first-order valence-corrected chi connectivity index (χ1v) is 4.87. The van der Waals surface area contributed by atoms with Gasteiger partial charge in [-0.05, 0) is 26.7 Å². The predicted octanol–water partition coefficient (Wildman–Crippen LogP) is 2.92. The summed E-state index contributed by atoms with van der Waals surface area (Å²) >= 11 is 0. The molecule has 84 valence electrons. The van der Waals surface area contributed by atoms with Gasteiger partial charge >= 0.3 is 6.16 Å². The lowest BCUT2D eigenvalue weighted by Gasteiger charge is -2.16. The first kappa shape index (κ1) is 13.2. The number of rotatable bonds is 4. The van der Waals surface area contributed by atoms with Crippen LogP contribution in [-0.4, -0.2) is 18.4 Å². The second-order valence-corrected chi connectivity index (χ2v) is 4.35. The highest BCUT2D eigenvalue weighted by Gasteiger charge is 2.16. The van der Waals surface area contributed by atoms with E-state index in [1.54, 1.807) is 20.8 Å². The van der Waals surface area contributed by atoms with Gasteiger partial charge in [0, 0.05) is 0 Å². The van der Waals surface area contributed by atoms with Crippen molar-refractivity contribution in [2.24, 2.45) is 5.92 Å². The lowest BCUT2D eigenvalue weighted by atomic mass is 10.1. The zero-order valence-electron chi connectivity index (χ0n) is 9.62. The maximum Gasteiger partial charge on any atom is 0.540 e. The van der Waals surface area contributed by atoms with Gasteiger partial charge in [-0.25, -0.2) is 4.79 Å². The summed E-state index contributed by atoms with van der Waals surface area (Å²) in [6.45, 7) is 9.75. The summed E-state index contributed by atoms with van der Waals surface area (Å²) in [6.07, 6.45) is 0.188. The van der Waals surface area contributed by atoms with E-state index in [0.29, 0.717) is 12.5 Å². The van der Waals surface area contributed by atoms with Gasteiger partial charge in [-0.1, -0.05) is 20.3 Å². The average molecular weight is 204 g/mol. The fourth-order valence-electron chi connectivity index (χ4n) is 0.511. The molecule has 0 amide bonds. The van der Waals surface area contributed by atoms with E-state index in [9.17, 15) is 4.79 Å². The molecule has 0 aromatic carbocycles. The molecule has 0 aliphatic carbocycles. The Morgan fingerprint density at radius 1 is 1.36 bits per heavy atom. The zero-order valence-corrected chi connectivity index (χ0v) is 9.62. The van der Waals surface area contributed by atoms with Crippen molar-refractivity contribution in [2.75, 3.05) is 6.61 Å². The van der Waals surface area contributed by atoms with E-state index in [-0.39, 0.29) is 0 Å². The van der Waals surface area contributed by atoms with Gasteiger partial charge in [0.15, 0.2) is 0 Å². The Morgan fingerprint density at radius 3 is 2.36 bits per heavy atom. The van der Waals surface area contributed by atoms with Crippen molar-refractivity contribution in [2.45, 2.75) is 46.6 Å². The van der Waals surface area contributed by atoms with E-state index < -0.39 is 11.8 Å². The molecular weight excluding hydrogens is 184 g/mol. The van der Waals surface area contributed by atoms with Crippen LogP contribution >= 0.6 is 0 Å². The van der Waals surface area contributed by atoms with Gasteiger partial charge in [-0.3, -0.25) is 4.89 Å². The van der Waals surface area contributed by atoms with Gasteiger partial charge in [-0.2, -0.15) is 4.89 Å². The third-order valence-corrected chi connectivity index (χ3v) is 1.54. The summed E-state index contributed by atoms with van der Waals surface area (Å²) in [5.74, 6) is 0.345. The Labute approximate surface area is 85.5 Å². The van der Waals surface area contributed by atoms with E-state index in [0.717, 1.165) is 6.42 Å². The Kier molecular flexibility index (Phi) is 5.53. The molecule has 0 radical (unpaired) electrons. The van der Waals surface area contributed by atoms with E-state index >= 15 is 0 Å². The summed E-state index contributed by atoms with van der Waals surface area (Å²) in [5, 5.41) is 0. The van der Waals surface area contributed by atoms with Crippen LogP contribution in [0.3, 0.4) is 0 Å². The molecule has 0 saturated carbocycles. The number of ether oxygens (including phenoxy) is 1. The Morgan fingerprint density at radius 2 is 1.93 bits per heavy atom. The standard InChI is InChI=1S/C10H20O4/c1-6-8(2)7-12-9(11)13-14-10(3,4)5/h8H,6-7H2,1-5H3/t8-/m0/s1. The van der Waals surface area contributed by atoms with Crippen molar-refractivity contribution in [1.29, 1.82) is 0 Å². The summed E-state index contributed by atoms with van der Waals surface area (Å²) < 4.78 is 4.80. The second kappa shape index (κ2) is 5.86. The van der Waals surface area contributed by atoms with E-state index in [1.807, 2.05) is 13.8 Å². The van der Waals surface area contributed by atoms with Crippen molar-refractivity contribution in [3.8, 4) is 0 Å². The highest BCUT2D eigenvalue weighted by molar-refractivity contribution is 5.58. The minimum Gasteiger partial charge on any atom is -0.432 e. The molecule has 0 unspecified atom stereocenters. The third-order valence-electron chi connectivity index (χ3n) is 1.54. The largest absolute Gasteiger partial charge is 0.540 e. The molecular formula is C10H20O4. The molecule has 0 aliphatic rings. The molecule has 0 N–H and O–H groups in total. The quantitative estimate of drug-likeness (QED) is 0.401. The SMILES string of the molecule is CC[C@H](C)COC(=O)OOC(C)(C)C. The minimum atomic E-state index is -0.778.